The Bertz CT molecular complexity index is 1320. The molecule has 166 valence electrons. The van der Waals surface area contributed by atoms with Crippen molar-refractivity contribution in [2.24, 2.45) is 0 Å². The minimum Gasteiger partial charge on any atom is -0.360 e. The van der Waals surface area contributed by atoms with E-state index in [-0.39, 0.29) is 11.9 Å². The van der Waals surface area contributed by atoms with E-state index in [0.29, 0.717) is 34.7 Å². The number of piperazine rings is 1. The summed E-state index contributed by atoms with van der Waals surface area (Å²) in [5.41, 5.74) is 2.69. The van der Waals surface area contributed by atoms with Gasteiger partial charge in [-0.05, 0) is 52.7 Å². The van der Waals surface area contributed by atoms with Gasteiger partial charge in [0.2, 0.25) is 0 Å². The molecule has 1 saturated heterocycles. The van der Waals surface area contributed by atoms with Crippen molar-refractivity contribution in [1.82, 2.24) is 4.90 Å². The second-order valence-corrected chi connectivity index (χ2v) is 9.41. The Morgan fingerprint density at radius 2 is 1.52 bits per heavy atom. The highest BCUT2D eigenvalue weighted by molar-refractivity contribution is 6.36. The maximum atomic E-state index is 13.6. The van der Waals surface area contributed by atoms with Gasteiger partial charge in [-0.1, -0.05) is 83.3 Å². The molecule has 3 nitrogen and oxygen atoms in total. The highest BCUT2D eigenvalue weighted by Gasteiger charge is 2.32. The van der Waals surface area contributed by atoms with Crippen LogP contribution in [0.3, 0.4) is 0 Å². The minimum atomic E-state index is -0.0754. The summed E-state index contributed by atoms with van der Waals surface area (Å²) in [4.78, 5) is 17.8. The molecule has 0 saturated carbocycles. The molecule has 0 spiro atoms. The summed E-state index contributed by atoms with van der Waals surface area (Å²) in [6.07, 6.45) is 0. The molecule has 33 heavy (non-hydrogen) atoms. The van der Waals surface area contributed by atoms with E-state index >= 15 is 0 Å². The SMILES string of the molecule is O=C(c1cccc2ccccc12)N1CCN(c2ccc(Cl)cc2Cl)C(c2ccc(Cl)cc2)C1. The van der Waals surface area contributed by atoms with Gasteiger partial charge in [-0.15, -0.1) is 0 Å². The van der Waals surface area contributed by atoms with Gasteiger partial charge >= 0.3 is 0 Å². The summed E-state index contributed by atoms with van der Waals surface area (Å²) in [6.45, 7) is 1.76. The molecular formula is C27H21Cl3N2O. The van der Waals surface area contributed by atoms with Crippen molar-refractivity contribution in [2.75, 3.05) is 24.5 Å². The van der Waals surface area contributed by atoms with E-state index in [1.54, 1.807) is 6.07 Å². The number of hydrogen-bond donors (Lipinski definition) is 0. The average molecular weight is 496 g/mol. The number of fused-ring (bicyclic) bond motifs is 1. The van der Waals surface area contributed by atoms with Crippen LogP contribution in [0.25, 0.3) is 10.8 Å². The van der Waals surface area contributed by atoms with E-state index in [1.807, 2.05) is 83.8 Å². The quantitative estimate of drug-likeness (QED) is 0.294. The van der Waals surface area contributed by atoms with E-state index < -0.39 is 0 Å². The van der Waals surface area contributed by atoms with Gasteiger partial charge in [0.15, 0.2) is 0 Å². The van der Waals surface area contributed by atoms with Crippen molar-refractivity contribution in [3.8, 4) is 0 Å². The maximum absolute atomic E-state index is 13.6. The number of rotatable bonds is 3. The van der Waals surface area contributed by atoms with Gasteiger partial charge in [0.1, 0.15) is 0 Å². The molecule has 1 fully saturated rings. The topological polar surface area (TPSA) is 23.6 Å². The largest absolute Gasteiger partial charge is 0.360 e. The second kappa shape index (κ2) is 9.26. The molecule has 1 heterocycles. The Morgan fingerprint density at radius 1 is 0.788 bits per heavy atom. The lowest BCUT2D eigenvalue weighted by Gasteiger charge is -2.43. The molecule has 0 radical (unpaired) electrons. The van der Waals surface area contributed by atoms with Gasteiger partial charge in [-0.25, -0.2) is 0 Å². The smallest absolute Gasteiger partial charge is 0.254 e. The first-order valence-electron chi connectivity index (χ1n) is 10.8. The van der Waals surface area contributed by atoms with Crippen LogP contribution in [-0.4, -0.2) is 30.4 Å². The first-order valence-corrected chi connectivity index (χ1v) is 11.9. The Kier molecular flexibility index (Phi) is 6.20. The normalized spacial score (nSPS) is 16.3. The van der Waals surface area contributed by atoms with E-state index in [2.05, 4.69) is 4.90 Å². The Balaban J connectivity index is 1.51. The van der Waals surface area contributed by atoms with Crippen LogP contribution in [0.1, 0.15) is 22.0 Å². The zero-order chi connectivity index (χ0) is 22.9. The van der Waals surface area contributed by atoms with Crippen molar-refractivity contribution >= 4 is 57.2 Å². The van der Waals surface area contributed by atoms with Gasteiger partial charge in [0.05, 0.1) is 16.8 Å². The Labute approximate surface area is 208 Å². The average Bonchev–Trinajstić information content (AvgIpc) is 2.84. The van der Waals surface area contributed by atoms with Crippen LogP contribution in [0.4, 0.5) is 5.69 Å². The number of carbonyl (C=O) groups is 1. The van der Waals surface area contributed by atoms with E-state index in [1.165, 1.54) is 0 Å². The van der Waals surface area contributed by atoms with Gasteiger partial charge in [-0.2, -0.15) is 0 Å². The van der Waals surface area contributed by atoms with Crippen LogP contribution >= 0.6 is 34.8 Å². The Hall–Kier alpha value is -2.72. The Morgan fingerprint density at radius 3 is 2.30 bits per heavy atom. The fourth-order valence-electron chi connectivity index (χ4n) is 4.52. The molecule has 5 rings (SSSR count). The number of anilines is 1. The number of benzene rings is 4. The highest BCUT2D eigenvalue weighted by atomic mass is 35.5. The molecule has 4 aromatic rings. The molecule has 1 amide bonds. The van der Waals surface area contributed by atoms with Crippen molar-refractivity contribution in [1.29, 1.82) is 0 Å². The van der Waals surface area contributed by atoms with Crippen molar-refractivity contribution < 1.29 is 4.79 Å². The standard InChI is InChI=1S/C27H21Cl3N2O/c28-20-10-8-19(9-11-20)26-17-31(14-15-32(26)25-13-12-21(29)16-24(25)30)27(33)23-7-3-5-18-4-1-2-6-22(18)23/h1-13,16,26H,14-15,17H2. The van der Waals surface area contributed by atoms with Crippen molar-refractivity contribution in [2.45, 2.75) is 6.04 Å². The number of halogens is 3. The monoisotopic (exact) mass is 494 g/mol. The zero-order valence-corrected chi connectivity index (χ0v) is 20.0. The molecule has 4 aromatic carbocycles. The molecular weight excluding hydrogens is 475 g/mol. The third-order valence-electron chi connectivity index (χ3n) is 6.16. The lowest BCUT2D eigenvalue weighted by molar-refractivity contribution is 0.0724. The third-order valence-corrected chi connectivity index (χ3v) is 6.95. The molecule has 1 unspecified atom stereocenters. The highest BCUT2D eigenvalue weighted by Crippen LogP contribution is 2.37. The fourth-order valence-corrected chi connectivity index (χ4v) is 5.17. The van der Waals surface area contributed by atoms with Crippen LogP contribution < -0.4 is 4.90 Å². The predicted octanol–water partition coefficient (Wildman–Crippen LogP) is 7.50. The zero-order valence-electron chi connectivity index (χ0n) is 17.7. The van der Waals surface area contributed by atoms with Gasteiger partial charge in [-0.3, -0.25) is 4.79 Å². The summed E-state index contributed by atoms with van der Waals surface area (Å²) < 4.78 is 0. The fraction of sp³-hybridized carbons (Fsp3) is 0.148. The molecule has 6 heteroatoms. The van der Waals surface area contributed by atoms with Gasteiger partial charge < -0.3 is 9.80 Å². The van der Waals surface area contributed by atoms with Gasteiger partial charge in [0.25, 0.3) is 5.91 Å². The van der Waals surface area contributed by atoms with Crippen LogP contribution in [-0.2, 0) is 0 Å². The molecule has 0 bridgehead atoms. The molecule has 1 aliphatic heterocycles. The van der Waals surface area contributed by atoms with E-state index in [0.717, 1.165) is 27.6 Å². The molecule has 1 atom stereocenters. The van der Waals surface area contributed by atoms with Crippen LogP contribution in [0.2, 0.25) is 15.1 Å². The molecule has 0 N–H and O–H groups in total. The van der Waals surface area contributed by atoms with Gasteiger partial charge in [0, 0.05) is 35.2 Å². The summed E-state index contributed by atoms with van der Waals surface area (Å²) in [5.74, 6) is 0.0348. The lowest BCUT2D eigenvalue weighted by atomic mass is 9.99. The first kappa shape index (κ1) is 22.1. The van der Waals surface area contributed by atoms with Crippen molar-refractivity contribution in [3.05, 3.63) is 111 Å². The number of amides is 1. The molecule has 0 aromatic heterocycles. The van der Waals surface area contributed by atoms with Crippen LogP contribution in [0, 0.1) is 0 Å². The summed E-state index contributed by atoms with van der Waals surface area (Å²) in [7, 11) is 0. The summed E-state index contributed by atoms with van der Waals surface area (Å²) in [6, 6.07) is 27.1. The minimum absolute atomic E-state index is 0.0348. The molecule has 0 aliphatic carbocycles. The number of hydrogen-bond acceptors (Lipinski definition) is 2. The molecule has 1 aliphatic rings. The lowest BCUT2D eigenvalue weighted by Crippen LogP contribution is -2.50. The maximum Gasteiger partial charge on any atom is 0.254 e. The van der Waals surface area contributed by atoms with Crippen molar-refractivity contribution in [3.63, 3.8) is 0 Å². The van der Waals surface area contributed by atoms with Crippen LogP contribution in [0.15, 0.2) is 84.9 Å². The van der Waals surface area contributed by atoms with E-state index in [4.69, 9.17) is 34.8 Å². The second-order valence-electron chi connectivity index (χ2n) is 8.13. The number of nitrogens with zero attached hydrogens (tertiary/aromatic N) is 2. The predicted molar refractivity (Wildman–Crippen MR) is 138 cm³/mol. The van der Waals surface area contributed by atoms with E-state index in [9.17, 15) is 4.79 Å². The summed E-state index contributed by atoms with van der Waals surface area (Å²) in [5, 5.41) is 3.89. The summed E-state index contributed by atoms with van der Waals surface area (Å²) >= 11 is 18.9. The number of carbonyl (C=O) groups excluding carboxylic acids is 1. The first-order chi connectivity index (χ1) is 16.0. The third kappa shape index (κ3) is 4.41. The van der Waals surface area contributed by atoms with Crippen LogP contribution in [0.5, 0.6) is 0 Å².